The molecule has 0 radical (unpaired) electrons. The average Bonchev–Trinajstić information content (AvgIpc) is 2.73. The third kappa shape index (κ3) is 5.87. The number of hydrogen-bond acceptors (Lipinski definition) is 6. The van der Waals surface area contributed by atoms with Gasteiger partial charge in [-0.2, -0.15) is 0 Å². The van der Waals surface area contributed by atoms with Gasteiger partial charge in [0.15, 0.2) is 0 Å². The van der Waals surface area contributed by atoms with Crippen LogP contribution in [-0.2, 0) is 20.6 Å². The molecule has 3 rings (SSSR count). The van der Waals surface area contributed by atoms with E-state index >= 15 is 0 Å². The third-order valence-electron chi connectivity index (χ3n) is 5.92. The highest BCUT2D eigenvalue weighted by atomic mass is 19.1. The Bertz CT molecular complexity index is 761. The fourth-order valence-corrected chi connectivity index (χ4v) is 4.35. The molecule has 1 N–H and O–H groups in total. The minimum atomic E-state index is -1.33. The number of halogens is 1. The Morgan fingerprint density at radius 2 is 1.97 bits per heavy atom. The molecule has 0 aromatic heterocycles. The van der Waals surface area contributed by atoms with Gasteiger partial charge in [0.1, 0.15) is 23.3 Å². The van der Waals surface area contributed by atoms with Gasteiger partial charge < -0.3 is 29.0 Å². The lowest BCUT2D eigenvalue weighted by atomic mass is 9.73. The number of ether oxygens (including phenoxy) is 4. The van der Waals surface area contributed by atoms with Gasteiger partial charge in [-0.25, -0.2) is 9.18 Å². The first kappa shape index (κ1) is 23.8. The van der Waals surface area contributed by atoms with Crippen molar-refractivity contribution in [3.05, 3.63) is 29.6 Å². The maximum Gasteiger partial charge on any atom is 0.410 e. The van der Waals surface area contributed by atoms with E-state index in [9.17, 15) is 14.3 Å². The molecule has 2 heterocycles. The van der Waals surface area contributed by atoms with Crippen LogP contribution in [0.3, 0.4) is 0 Å². The Morgan fingerprint density at radius 1 is 1.26 bits per heavy atom. The topological polar surface area (TPSA) is 77.5 Å². The molecule has 0 bridgehead atoms. The number of aliphatic hydroxyl groups is 1. The molecular formula is C23H34FNO6. The molecule has 0 spiro atoms. The van der Waals surface area contributed by atoms with Gasteiger partial charge in [0.2, 0.25) is 0 Å². The summed E-state index contributed by atoms with van der Waals surface area (Å²) in [7, 11) is 1.52. The molecule has 2 fully saturated rings. The Morgan fingerprint density at radius 3 is 2.61 bits per heavy atom. The Kier molecular flexibility index (Phi) is 7.44. The monoisotopic (exact) mass is 439 g/mol. The lowest BCUT2D eigenvalue weighted by molar-refractivity contribution is -0.178. The Balaban J connectivity index is 1.88. The Labute approximate surface area is 183 Å². The summed E-state index contributed by atoms with van der Waals surface area (Å²) in [6, 6.07) is 4.28. The summed E-state index contributed by atoms with van der Waals surface area (Å²) in [5.74, 6) is -0.0189. The van der Waals surface area contributed by atoms with Crippen molar-refractivity contribution in [3.63, 3.8) is 0 Å². The summed E-state index contributed by atoms with van der Waals surface area (Å²) in [5, 5.41) is 12.0. The van der Waals surface area contributed by atoms with Crippen LogP contribution in [0.5, 0.6) is 5.75 Å². The molecule has 8 heteroatoms. The van der Waals surface area contributed by atoms with E-state index in [4.69, 9.17) is 18.9 Å². The first-order valence-corrected chi connectivity index (χ1v) is 10.8. The van der Waals surface area contributed by atoms with Crippen molar-refractivity contribution in [1.29, 1.82) is 0 Å². The van der Waals surface area contributed by atoms with Crippen molar-refractivity contribution >= 4 is 6.09 Å². The summed E-state index contributed by atoms with van der Waals surface area (Å²) >= 11 is 0. The van der Waals surface area contributed by atoms with Crippen molar-refractivity contribution in [2.75, 3.05) is 40.0 Å². The molecule has 1 aromatic carbocycles. The minimum Gasteiger partial charge on any atom is -0.496 e. The quantitative estimate of drug-likeness (QED) is 0.760. The normalized spacial score (nSPS) is 22.6. The predicted octanol–water partition coefficient (Wildman–Crippen LogP) is 3.17. The van der Waals surface area contributed by atoms with E-state index in [1.165, 1.54) is 19.2 Å². The van der Waals surface area contributed by atoms with Crippen LogP contribution in [0, 0.1) is 11.7 Å². The van der Waals surface area contributed by atoms with Crippen LogP contribution in [0.1, 0.15) is 39.2 Å². The second kappa shape index (κ2) is 9.71. The lowest BCUT2D eigenvalue weighted by Crippen LogP contribution is -2.60. The highest BCUT2D eigenvalue weighted by molar-refractivity contribution is 5.68. The average molecular weight is 440 g/mol. The summed E-state index contributed by atoms with van der Waals surface area (Å²) in [6.45, 7) is 7.40. The fraction of sp³-hybridized carbons (Fsp3) is 0.696. The second-order valence-electron chi connectivity index (χ2n) is 9.30. The highest BCUT2D eigenvalue weighted by Crippen LogP contribution is 2.38. The second-order valence-corrected chi connectivity index (χ2v) is 9.30. The SMILES string of the molecule is COc1ccc(F)cc1CC(O)(C1CCOCC1)C1CN(C(=O)OC(C)(C)C)CCO1. The van der Waals surface area contributed by atoms with Gasteiger partial charge in [0.05, 0.1) is 25.9 Å². The molecule has 1 aromatic rings. The van der Waals surface area contributed by atoms with Crippen LogP contribution in [-0.4, -0.2) is 73.4 Å². The zero-order chi connectivity index (χ0) is 22.6. The number of carbonyl (C=O) groups is 1. The van der Waals surface area contributed by atoms with Crippen LogP contribution in [0.25, 0.3) is 0 Å². The maximum absolute atomic E-state index is 14.0. The largest absolute Gasteiger partial charge is 0.496 e. The van der Waals surface area contributed by atoms with E-state index in [1.54, 1.807) is 11.0 Å². The first-order chi connectivity index (χ1) is 14.6. The van der Waals surface area contributed by atoms with E-state index in [1.807, 2.05) is 20.8 Å². The van der Waals surface area contributed by atoms with Gasteiger partial charge in [-0.05, 0) is 63.3 Å². The van der Waals surface area contributed by atoms with Gasteiger partial charge in [-0.15, -0.1) is 0 Å². The van der Waals surface area contributed by atoms with Gasteiger partial charge in [0.25, 0.3) is 0 Å². The van der Waals surface area contributed by atoms with Crippen LogP contribution in [0.2, 0.25) is 0 Å². The predicted molar refractivity (Wildman–Crippen MR) is 113 cm³/mol. The third-order valence-corrected chi connectivity index (χ3v) is 5.92. The summed E-state index contributed by atoms with van der Waals surface area (Å²) < 4.78 is 36.4. The zero-order valence-corrected chi connectivity index (χ0v) is 18.9. The van der Waals surface area contributed by atoms with Gasteiger partial charge >= 0.3 is 6.09 Å². The first-order valence-electron chi connectivity index (χ1n) is 10.8. The van der Waals surface area contributed by atoms with E-state index in [2.05, 4.69) is 0 Å². The van der Waals surface area contributed by atoms with Crippen molar-refractivity contribution in [1.82, 2.24) is 4.90 Å². The standard InChI is InChI=1S/C23H34FNO6/c1-22(2,3)31-21(26)25-9-12-30-20(15-25)23(27,17-7-10-29-11-8-17)14-16-13-18(24)5-6-19(16)28-4/h5-6,13,17,20,27H,7-12,14-15H2,1-4H3. The van der Waals surface area contributed by atoms with Crippen LogP contribution in [0.4, 0.5) is 9.18 Å². The number of hydrogen-bond donors (Lipinski definition) is 1. The van der Waals surface area contributed by atoms with E-state index < -0.39 is 29.2 Å². The lowest BCUT2D eigenvalue weighted by Gasteiger charge is -2.47. The molecule has 2 unspecified atom stereocenters. The van der Waals surface area contributed by atoms with E-state index in [0.29, 0.717) is 43.9 Å². The molecule has 0 saturated carbocycles. The fourth-order valence-electron chi connectivity index (χ4n) is 4.35. The van der Waals surface area contributed by atoms with Gasteiger partial charge in [-0.1, -0.05) is 0 Å². The number of rotatable bonds is 5. The van der Waals surface area contributed by atoms with Crippen LogP contribution < -0.4 is 4.74 Å². The summed E-state index contributed by atoms with van der Waals surface area (Å²) in [5.41, 5.74) is -1.38. The number of amides is 1. The van der Waals surface area contributed by atoms with Crippen molar-refractivity contribution in [2.45, 2.75) is 57.3 Å². The molecule has 1 amide bonds. The number of nitrogens with zero attached hydrogens (tertiary/aromatic N) is 1. The maximum atomic E-state index is 14.0. The number of benzene rings is 1. The molecule has 2 saturated heterocycles. The molecule has 7 nitrogen and oxygen atoms in total. The molecule has 2 aliphatic heterocycles. The van der Waals surface area contributed by atoms with Crippen molar-refractivity contribution in [3.8, 4) is 5.75 Å². The molecule has 2 atom stereocenters. The molecule has 31 heavy (non-hydrogen) atoms. The zero-order valence-electron chi connectivity index (χ0n) is 18.9. The smallest absolute Gasteiger partial charge is 0.410 e. The van der Waals surface area contributed by atoms with Crippen LogP contribution >= 0.6 is 0 Å². The van der Waals surface area contributed by atoms with Crippen molar-refractivity contribution < 1.29 is 33.2 Å². The number of methoxy groups -OCH3 is 1. The summed E-state index contributed by atoms with van der Waals surface area (Å²) in [4.78, 5) is 14.2. The Hall–Kier alpha value is -1.90. The molecule has 174 valence electrons. The van der Waals surface area contributed by atoms with Gasteiger partial charge in [0, 0.05) is 26.2 Å². The van der Waals surface area contributed by atoms with E-state index in [0.717, 1.165) is 0 Å². The molecule has 0 aliphatic carbocycles. The molecule has 2 aliphatic rings. The van der Waals surface area contributed by atoms with Gasteiger partial charge in [-0.3, -0.25) is 0 Å². The number of morpholine rings is 1. The van der Waals surface area contributed by atoms with Crippen molar-refractivity contribution in [2.24, 2.45) is 5.92 Å². The summed E-state index contributed by atoms with van der Waals surface area (Å²) in [6.07, 6.45) is 0.370. The molecular weight excluding hydrogens is 405 g/mol. The van der Waals surface area contributed by atoms with E-state index in [-0.39, 0.29) is 25.5 Å². The van der Waals surface area contributed by atoms with Crippen LogP contribution in [0.15, 0.2) is 18.2 Å². The highest BCUT2D eigenvalue weighted by Gasteiger charge is 2.48. The number of carbonyl (C=O) groups excluding carboxylic acids is 1. The minimum absolute atomic E-state index is 0.127.